The van der Waals surface area contributed by atoms with Crippen LogP contribution < -0.4 is 15.0 Å². The van der Waals surface area contributed by atoms with E-state index >= 15 is 0 Å². The van der Waals surface area contributed by atoms with Gasteiger partial charge in [-0.25, -0.2) is 0 Å². The van der Waals surface area contributed by atoms with Crippen LogP contribution in [0.15, 0.2) is 48.5 Å². The van der Waals surface area contributed by atoms with E-state index in [1.54, 1.807) is 24.3 Å². The summed E-state index contributed by atoms with van der Waals surface area (Å²) in [4.78, 5) is 25.7. The van der Waals surface area contributed by atoms with Gasteiger partial charge < -0.3 is 15.0 Å². The van der Waals surface area contributed by atoms with Crippen LogP contribution in [0.5, 0.6) is 5.75 Å². The molecule has 0 radical (unpaired) electrons. The zero-order chi connectivity index (χ0) is 16.2. The Morgan fingerprint density at radius 1 is 1.17 bits per heavy atom. The molecule has 2 aromatic rings. The third kappa shape index (κ3) is 3.51. The largest absolute Gasteiger partial charge is 0.490 e. The van der Waals surface area contributed by atoms with Crippen molar-refractivity contribution in [2.75, 3.05) is 29.9 Å². The number of rotatable bonds is 4. The molecule has 1 aliphatic rings. The fourth-order valence-electron chi connectivity index (χ4n) is 2.58. The third-order valence-corrected chi connectivity index (χ3v) is 3.71. The molecule has 0 unspecified atom stereocenters. The van der Waals surface area contributed by atoms with Crippen molar-refractivity contribution in [1.82, 2.24) is 0 Å². The highest BCUT2D eigenvalue weighted by molar-refractivity contribution is 5.98. The number of amides is 1. The Kier molecular flexibility index (Phi) is 4.28. The molecule has 0 atom stereocenters. The van der Waals surface area contributed by atoms with E-state index in [4.69, 9.17) is 4.74 Å². The van der Waals surface area contributed by atoms with E-state index in [1.165, 1.54) is 6.92 Å². The second-order valence-electron chi connectivity index (χ2n) is 5.42. The molecule has 2 aromatic carbocycles. The van der Waals surface area contributed by atoms with Gasteiger partial charge >= 0.3 is 0 Å². The Morgan fingerprint density at radius 2 is 2.00 bits per heavy atom. The molecule has 1 N–H and O–H groups in total. The average molecular weight is 310 g/mol. The minimum Gasteiger partial charge on any atom is -0.490 e. The van der Waals surface area contributed by atoms with Crippen LogP contribution >= 0.6 is 0 Å². The number of carbonyl (C=O) groups is 2. The van der Waals surface area contributed by atoms with E-state index in [2.05, 4.69) is 5.32 Å². The number of para-hydroxylation sites is 2. The zero-order valence-electron chi connectivity index (χ0n) is 12.9. The third-order valence-electron chi connectivity index (χ3n) is 3.71. The quantitative estimate of drug-likeness (QED) is 0.882. The first-order valence-corrected chi connectivity index (χ1v) is 7.51. The predicted octanol–water partition coefficient (Wildman–Crippen LogP) is 2.73. The maximum absolute atomic E-state index is 12.3. The number of ether oxygens (including phenoxy) is 1. The number of hydrogen-bond donors (Lipinski definition) is 1. The second-order valence-corrected chi connectivity index (χ2v) is 5.42. The van der Waals surface area contributed by atoms with Gasteiger partial charge in [-0.1, -0.05) is 24.3 Å². The number of fused-ring (bicyclic) bond motifs is 1. The standard InChI is InChI=1S/C18H18N2O3/c1-13(21)14-5-4-6-15(11-14)19-18(22)12-20-9-10-23-17-8-3-2-7-16(17)20/h2-8,11H,9-10,12H2,1H3,(H,19,22). The van der Waals surface area contributed by atoms with Gasteiger partial charge in [-0.05, 0) is 31.2 Å². The summed E-state index contributed by atoms with van der Waals surface area (Å²) in [6.07, 6.45) is 0. The molecule has 0 bridgehead atoms. The van der Waals surface area contributed by atoms with E-state index in [0.717, 1.165) is 11.4 Å². The summed E-state index contributed by atoms with van der Waals surface area (Å²) < 4.78 is 5.58. The number of ketones is 1. The minimum absolute atomic E-state index is 0.0248. The lowest BCUT2D eigenvalue weighted by Gasteiger charge is -2.30. The summed E-state index contributed by atoms with van der Waals surface area (Å²) in [6.45, 7) is 2.97. The van der Waals surface area contributed by atoms with Gasteiger partial charge in [0.2, 0.25) is 5.91 Å². The van der Waals surface area contributed by atoms with E-state index in [-0.39, 0.29) is 18.2 Å². The van der Waals surface area contributed by atoms with Crippen LogP contribution in [0, 0.1) is 0 Å². The summed E-state index contributed by atoms with van der Waals surface area (Å²) in [6, 6.07) is 14.6. The van der Waals surface area contributed by atoms with E-state index < -0.39 is 0 Å². The van der Waals surface area contributed by atoms with Crippen LogP contribution in [-0.2, 0) is 4.79 Å². The van der Waals surface area contributed by atoms with Gasteiger partial charge in [0.15, 0.2) is 5.78 Å². The molecule has 0 aromatic heterocycles. The Bertz CT molecular complexity index is 743. The van der Waals surface area contributed by atoms with Crippen molar-refractivity contribution in [2.45, 2.75) is 6.92 Å². The van der Waals surface area contributed by atoms with Crippen molar-refractivity contribution < 1.29 is 14.3 Å². The van der Waals surface area contributed by atoms with Crippen LogP contribution in [0.2, 0.25) is 0 Å². The second kappa shape index (κ2) is 6.52. The zero-order valence-corrected chi connectivity index (χ0v) is 12.9. The SMILES string of the molecule is CC(=O)c1cccc(NC(=O)CN2CCOc3ccccc32)c1. The van der Waals surface area contributed by atoms with Gasteiger partial charge in [-0.15, -0.1) is 0 Å². The Labute approximate surface area is 134 Å². The molecule has 1 aliphatic heterocycles. The number of nitrogens with zero attached hydrogens (tertiary/aromatic N) is 1. The highest BCUT2D eigenvalue weighted by Crippen LogP contribution is 2.30. The summed E-state index contributed by atoms with van der Waals surface area (Å²) in [5, 5.41) is 2.84. The maximum atomic E-state index is 12.3. The smallest absolute Gasteiger partial charge is 0.243 e. The molecular weight excluding hydrogens is 292 g/mol. The highest BCUT2D eigenvalue weighted by atomic mass is 16.5. The number of carbonyl (C=O) groups excluding carboxylic acids is 2. The summed E-state index contributed by atoms with van der Waals surface area (Å²) in [7, 11) is 0. The Morgan fingerprint density at radius 3 is 2.83 bits per heavy atom. The van der Waals surface area contributed by atoms with Crippen molar-refractivity contribution in [3.63, 3.8) is 0 Å². The first-order valence-electron chi connectivity index (χ1n) is 7.51. The molecule has 0 spiro atoms. The van der Waals surface area contributed by atoms with Crippen LogP contribution in [0.25, 0.3) is 0 Å². The number of benzene rings is 2. The number of Topliss-reactive ketones (excluding diaryl/α,β-unsaturated/α-hetero) is 1. The predicted molar refractivity (Wildman–Crippen MR) is 89.2 cm³/mol. The summed E-state index contributed by atoms with van der Waals surface area (Å²) >= 11 is 0. The van der Waals surface area contributed by atoms with Crippen molar-refractivity contribution in [2.24, 2.45) is 0 Å². The molecule has 118 valence electrons. The minimum atomic E-state index is -0.123. The molecule has 1 heterocycles. The van der Waals surface area contributed by atoms with Gasteiger partial charge in [-0.2, -0.15) is 0 Å². The first-order chi connectivity index (χ1) is 11.1. The summed E-state index contributed by atoms with van der Waals surface area (Å²) in [5.74, 6) is 0.649. The van der Waals surface area contributed by atoms with Crippen molar-refractivity contribution in [1.29, 1.82) is 0 Å². The van der Waals surface area contributed by atoms with Gasteiger partial charge in [0.25, 0.3) is 0 Å². The van der Waals surface area contributed by atoms with E-state index in [0.29, 0.717) is 24.4 Å². The highest BCUT2D eigenvalue weighted by Gasteiger charge is 2.19. The van der Waals surface area contributed by atoms with Crippen molar-refractivity contribution in [3.05, 3.63) is 54.1 Å². The van der Waals surface area contributed by atoms with Crippen molar-refractivity contribution in [3.8, 4) is 5.75 Å². The normalized spacial score (nSPS) is 13.0. The molecule has 0 aliphatic carbocycles. The van der Waals surface area contributed by atoms with Crippen LogP contribution in [0.4, 0.5) is 11.4 Å². The fraction of sp³-hybridized carbons (Fsp3) is 0.222. The van der Waals surface area contributed by atoms with Gasteiger partial charge in [0, 0.05) is 11.3 Å². The summed E-state index contributed by atoms with van der Waals surface area (Å²) in [5.41, 5.74) is 2.13. The van der Waals surface area contributed by atoms with Gasteiger partial charge in [-0.3, -0.25) is 9.59 Å². The molecule has 23 heavy (non-hydrogen) atoms. The van der Waals surface area contributed by atoms with Gasteiger partial charge in [0.1, 0.15) is 12.4 Å². The van der Waals surface area contributed by atoms with Gasteiger partial charge in [0.05, 0.1) is 18.8 Å². The first kappa shape index (κ1) is 15.1. The van der Waals surface area contributed by atoms with E-state index in [9.17, 15) is 9.59 Å². The topological polar surface area (TPSA) is 58.6 Å². The Balaban J connectivity index is 1.69. The molecule has 5 heteroatoms. The number of hydrogen-bond acceptors (Lipinski definition) is 4. The lowest BCUT2D eigenvalue weighted by Crippen LogP contribution is -2.38. The van der Waals surface area contributed by atoms with Crippen LogP contribution in [-0.4, -0.2) is 31.4 Å². The van der Waals surface area contributed by atoms with Crippen molar-refractivity contribution >= 4 is 23.1 Å². The molecular formula is C18H18N2O3. The lowest BCUT2D eigenvalue weighted by atomic mass is 10.1. The van der Waals surface area contributed by atoms with Crippen LogP contribution in [0.1, 0.15) is 17.3 Å². The maximum Gasteiger partial charge on any atom is 0.243 e. The monoisotopic (exact) mass is 310 g/mol. The molecule has 5 nitrogen and oxygen atoms in total. The number of anilines is 2. The number of nitrogens with one attached hydrogen (secondary N) is 1. The van der Waals surface area contributed by atoms with Crippen LogP contribution in [0.3, 0.4) is 0 Å². The molecule has 0 saturated carbocycles. The molecule has 1 amide bonds. The fourth-order valence-corrected chi connectivity index (χ4v) is 2.58. The lowest BCUT2D eigenvalue weighted by molar-refractivity contribution is -0.115. The molecule has 0 saturated heterocycles. The average Bonchev–Trinajstić information content (AvgIpc) is 2.55. The Hall–Kier alpha value is -2.82. The van der Waals surface area contributed by atoms with E-state index in [1.807, 2.05) is 29.2 Å². The molecule has 0 fully saturated rings. The molecule has 3 rings (SSSR count).